The van der Waals surface area contributed by atoms with E-state index in [4.69, 9.17) is 4.74 Å². The normalized spacial score (nSPS) is 14.2. The van der Waals surface area contributed by atoms with Gasteiger partial charge in [0.15, 0.2) is 0 Å². The van der Waals surface area contributed by atoms with E-state index in [-0.39, 0.29) is 5.91 Å². The molecule has 1 aromatic carbocycles. The van der Waals surface area contributed by atoms with Gasteiger partial charge in [-0.1, -0.05) is 6.07 Å². The molecule has 2 aromatic rings. The van der Waals surface area contributed by atoms with Gasteiger partial charge in [0.05, 0.1) is 12.7 Å². The summed E-state index contributed by atoms with van der Waals surface area (Å²) in [6, 6.07) is 9.40. The van der Waals surface area contributed by atoms with Crippen LogP contribution in [-0.4, -0.2) is 31.1 Å². The zero-order chi connectivity index (χ0) is 17.6. The van der Waals surface area contributed by atoms with Crippen LogP contribution in [0.2, 0.25) is 0 Å². The third-order valence-electron chi connectivity index (χ3n) is 4.36. The molecule has 0 bridgehead atoms. The maximum Gasteiger partial charge on any atom is 0.252 e. The molecule has 0 atom stereocenters. The van der Waals surface area contributed by atoms with Gasteiger partial charge in [0, 0.05) is 30.3 Å². The average Bonchev–Trinajstić information content (AvgIpc) is 2.67. The van der Waals surface area contributed by atoms with Crippen molar-refractivity contribution >= 4 is 27.7 Å². The summed E-state index contributed by atoms with van der Waals surface area (Å²) in [4.78, 5) is 19.3. The number of hydrogen-bond acceptors (Lipinski definition) is 4. The lowest BCUT2D eigenvalue weighted by molar-refractivity contribution is 0.0949. The molecule has 132 valence electrons. The molecular formula is C19H22BrN3O2. The molecule has 1 aliphatic heterocycles. The molecule has 1 saturated heterocycles. The Bertz CT molecular complexity index is 728. The number of nitrogens with one attached hydrogen (secondary N) is 1. The number of halogens is 1. The van der Waals surface area contributed by atoms with Gasteiger partial charge in [0.25, 0.3) is 5.91 Å². The van der Waals surface area contributed by atoms with Crippen molar-refractivity contribution in [1.29, 1.82) is 0 Å². The second-order valence-corrected chi connectivity index (χ2v) is 6.96. The monoisotopic (exact) mass is 403 g/mol. The molecule has 5 nitrogen and oxygen atoms in total. The summed E-state index contributed by atoms with van der Waals surface area (Å²) >= 11 is 3.41. The summed E-state index contributed by atoms with van der Waals surface area (Å²) in [6.45, 7) is 2.59. The van der Waals surface area contributed by atoms with E-state index < -0.39 is 0 Å². The summed E-state index contributed by atoms with van der Waals surface area (Å²) in [6.07, 6.45) is 5.61. The van der Waals surface area contributed by atoms with E-state index in [1.165, 1.54) is 19.3 Å². The van der Waals surface area contributed by atoms with Crippen molar-refractivity contribution in [3.05, 3.63) is 52.1 Å². The number of nitrogens with zero attached hydrogens (tertiary/aromatic N) is 2. The van der Waals surface area contributed by atoms with E-state index in [1.807, 2.05) is 30.5 Å². The minimum atomic E-state index is -0.147. The van der Waals surface area contributed by atoms with Gasteiger partial charge in [-0.25, -0.2) is 4.98 Å². The third-order valence-corrected chi connectivity index (χ3v) is 5.05. The number of piperidine rings is 1. The Morgan fingerprint density at radius 3 is 2.72 bits per heavy atom. The van der Waals surface area contributed by atoms with E-state index in [0.717, 1.165) is 28.9 Å². The van der Waals surface area contributed by atoms with E-state index in [0.29, 0.717) is 17.9 Å². The maximum atomic E-state index is 12.4. The summed E-state index contributed by atoms with van der Waals surface area (Å²) in [5, 5.41) is 2.93. The van der Waals surface area contributed by atoms with Crippen molar-refractivity contribution in [3.63, 3.8) is 0 Å². The third kappa shape index (κ3) is 4.51. The number of anilines is 1. The molecule has 1 N–H and O–H groups in total. The van der Waals surface area contributed by atoms with Gasteiger partial charge in [-0.15, -0.1) is 0 Å². The van der Waals surface area contributed by atoms with Crippen molar-refractivity contribution < 1.29 is 9.53 Å². The first kappa shape index (κ1) is 17.7. The fraction of sp³-hybridized carbons (Fsp3) is 0.368. The molecule has 25 heavy (non-hydrogen) atoms. The minimum absolute atomic E-state index is 0.147. The Balaban J connectivity index is 1.60. The molecule has 6 heteroatoms. The van der Waals surface area contributed by atoms with Crippen LogP contribution in [0.3, 0.4) is 0 Å². The van der Waals surface area contributed by atoms with Gasteiger partial charge < -0.3 is 15.0 Å². The molecule has 0 aliphatic carbocycles. The molecular weight excluding hydrogens is 382 g/mol. The van der Waals surface area contributed by atoms with Gasteiger partial charge in [-0.05, 0) is 65.0 Å². The second-order valence-electron chi connectivity index (χ2n) is 6.10. The van der Waals surface area contributed by atoms with Crippen LogP contribution in [0.1, 0.15) is 35.2 Å². The number of pyridine rings is 1. The SMILES string of the molecule is COc1ccc(Br)c(C(=O)NCc2ccc(N3CCCCC3)nc2)c1. The van der Waals surface area contributed by atoms with Gasteiger partial charge in [-0.2, -0.15) is 0 Å². The number of ether oxygens (including phenoxy) is 1. The van der Waals surface area contributed by atoms with Crippen LogP contribution < -0.4 is 15.0 Å². The molecule has 1 fully saturated rings. The summed E-state index contributed by atoms with van der Waals surface area (Å²) in [7, 11) is 1.58. The van der Waals surface area contributed by atoms with Gasteiger partial charge in [0.1, 0.15) is 11.6 Å². The molecule has 3 rings (SSSR count). The topological polar surface area (TPSA) is 54.5 Å². The van der Waals surface area contributed by atoms with Crippen molar-refractivity contribution in [2.45, 2.75) is 25.8 Å². The number of carbonyl (C=O) groups excluding carboxylic acids is 1. The first-order chi connectivity index (χ1) is 12.2. The first-order valence-corrected chi connectivity index (χ1v) is 9.28. The molecule has 1 amide bonds. The van der Waals surface area contributed by atoms with Gasteiger partial charge >= 0.3 is 0 Å². The van der Waals surface area contributed by atoms with Crippen LogP contribution >= 0.6 is 15.9 Å². The van der Waals surface area contributed by atoms with Crippen LogP contribution in [0.25, 0.3) is 0 Å². The van der Waals surface area contributed by atoms with Crippen LogP contribution in [0, 0.1) is 0 Å². The smallest absolute Gasteiger partial charge is 0.252 e. The molecule has 0 radical (unpaired) electrons. The van der Waals surface area contributed by atoms with Crippen LogP contribution in [-0.2, 0) is 6.54 Å². The number of rotatable bonds is 5. The lowest BCUT2D eigenvalue weighted by Gasteiger charge is -2.27. The second kappa shape index (κ2) is 8.34. The quantitative estimate of drug-likeness (QED) is 0.825. The first-order valence-electron chi connectivity index (χ1n) is 8.49. The fourth-order valence-corrected chi connectivity index (χ4v) is 3.34. The van der Waals surface area contributed by atoms with E-state index in [2.05, 4.69) is 31.1 Å². The zero-order valence-corrected chi connectivity index (χ0v) is 15.9. The largest absolute Gasteiger partial charge is 0.497 e. The highest BCUT2D eigenvalue weighted by Gasteiger charge is 2.13. The molecule has 2 heterocycles. The Morgan fingerprint density at radius 1 is 1.24 bits per heavy atom. The molecule has 0 saturated carbocycles. The van der Waals surface area contributed by atoms with Crippen LogP contribution in [0.5, 0.6) is 5.75 Å². The van der Waals surface area contributed by atoms with Gasteiger partial charge in [-0.3, -0.25) is 4.79 Å². The van der Waals surface area contributed by atoms with Crippen molar-refractivity contribution in [1.82, 2.24) is 10.3 Å². The minimum Gasteiger partial charge on any atom is -0.497 e. The zero-order valence-electron chi connectivity index (χ0n) is 14.3. The lowest BCUT2D eigenvalue weighted by atomic mass is 10.1. The highest BCUT2D eigenvalue weighted by molar-refractivity contribution is 9.10. The Kier molecular flexibility index (Phi) is 5.91. The Morgan fingerprint density at radius 2 is 2.04 bits per heavy atom. The van der Waals surface area contributed by atoms with E-state index in [1.54, 1.807) is 13.2 Å². The Labute approximate surface area is 156 Å². The number of aromatic nitrogens is 1. The summed E-state index contributed by atoms with van der Waals surface area (Å²) in [5.41, 5.74) is 1.53. The number of carbonyl (C=O) groups is 1. The molecule has 0 spiro atoms. The van der Waals surface area contributed by atoms with Crippen molar-refractivity contribution in [2.75, 3.05) is 25.1 Å². The highest BCUT2D eigenvalue weighted by Crippen LogP contribution is 2.22. The summed E-state index contributed by atoms with van der Waals surface area (Å²) in [5.74, 6) is 1.53. The predicted molar refractivity (Wildman–Crippen MR) is 102 cm³/mol. The average molecular weight is 404 g/mol. The number of benzene rings is 1. The van der Waals surface area contributed by atoms with E-state index in [9.17, 15) is 4.79 Å². The number of hydrogen-bond donors (Lipinski definition) is 1. The standard InChI is InChI=1S/C19H22BrN3O2/c1-25-15-6-7-17(20)16(11-15)19(24)22-13-14-5-8-18(21-12-14)23-9-3-2-4-10-23/h5-8,11-12H,2-4,9-10,13H2,1H3,(H,22,24). The Hall–Kier alpha value is -2.08. The van der Waals surface area contributed by atoms with Crippen LogP contribution in [0.15, 0.2) is 41.0 Å². The highest BCUT2D eigenvalue weighted by atomic mass is 79.9. The molecule has 1 aromatic heterocycles. The van der Waals surface area contributed by atoms with Crippen LogP contribution in [0.4, 0.5) is 5.82 Å². The lowest BCUT2D eigenvalue weighted by Crippen LogP contribution is -2.30. The van der Waals surface area contributed by atoms with Gasteiger partial charge in [0.2, 0.25) is 0 Å². The molecule has 1 aliphatic rings. The fourth-order valence-electron chi connectivity index (χ4n) is 2.91. The molecule has 0 unspecified atom stereocenters. The van der Waals surface area contributed by atoms with Crippen molar-refractivity contribution in [3.8, 4) is 5.75 Å². The maximum absolute atomic E-state index is 12.4. The number of amides is 1. The summed E-state index contributed by atoms with van der Waals surface area (Å²) < 4.78 is 5.92. The predicted octanol–water partition coefficient (Wildman–Crippen LogP) is 3.77. The number of methoxy groups -OCH3 is 1. The van der Waals surface area contributed by atoms with E-state index >= 15 is 0 Å². The van der Waals surface area contributed by atoms with Crippen molar-refractivity contribution in [2.24, 2.45) is 0 Å².